The van der Waals surface area contributed by atoms with Crippen molar-refractivity contribution >= 4 is 39.6 Å². The van der Waals surface area contributed by atoms with Crippen molar-refractivity contribution in [2.75, 3.05) is 51.3 Å². The quantitative estimate of drug-likeness (QED) is 0.460. The van der Waals surface area contributed by atoms with Crippen LogP contribution in [0, 0.1) is 5.92 Å². The van der Waals surface area contributed by atoms with Crippen LogP contribution in [0.15, 0.2) is 48.9 Å². The molecule has 1 N–H and O–H groups in total. The molecule has 1 aromatic carbocycles. The smallest absolute Gasteiger partial charge is 0.270 e. The van der Waals surface area contributed by atoms with Gasteiger partial charge in [-0.25, -0.2) is 15.0 Å². The number of H-pyrrole nitrogens is 1. The molecule has 2 saturated heterocycles. The molecule has 2 fully saturated rings. The summed E-state index contributed by atoms with van der Waals surface area (Å²) in [4.78, 5) is 48.6. The second-order valence-electron chi connectivity index (χ2n) is 9.56. The lowest BCUT2D eigenvalue weighted by molar-refractivity contribution is -0.137. The predicted molar refractivity (Wildman–Crippen MR) is 140 cm³/mol. The molecule has 5 heterocycles. The number of methoxy groups -OCH3 is 1. The minimum absolute atomic E-state index is 0.0130. The van der Waals surface area contributed by atoms with Crippen molar-refractivity contribution in [1.29, 1.82) is 0 Å². The Balaban J connectivity index is 1.05. The summed E-state index contributed by atoms with van der Waals surface area (Å²) in [7, 11) is 1.64. The fraction of sp³-hybridized carbons (Fsp3) is 0.370. The summed E-state index contributed by atoms with van der Waals surface area (Å²) >= 11 is 0. The normalized spacial score (nSPS) is 16.9. The summed E-state index contributed by atoms with van der Waals surface area (Å²) in [5.74, 6) is 1.74. The van der Waals surface area contributed by atoms with Crippen molar-refractivity contribution in [2.45, 2.75) is 12.8 Å². The number of nitrogens with one attached hydrogen (secondary N) is 1. The highest BCUT2D eigenvalue weighted by Crippen LogP contribution is 2.32. The molecule has 190 valence electrons. The number of para-hydroxylation sites is 1. The molecule has 0 aliphatic carbocycles. The zero-order chi connectivity index (χ0) is 25.4. The van der Waals surface area contributed by atoms with Gasteiger partial charge in [0.1, 0.15) is 34.8 Å². The predicted octanol–water partition coefficient (Wildman–Crippen LogP) is 2.72. The molecule has 0 saturated carbocycles. The molecule has 2 amide bonds. The van der Waals surface area contributed by atoms with Gasteiger partial charge in [-0.05, 0) is 43.2 Å². The molecule has 0 unspecified atom stereocenters. The van der Waals surface area contributed by atoms with Gasteiger partial charge in [-0.15, -0.1) is 0 Å². The van der Waals surface area contributed by atoms with Gasteiger partial charge < -0.3 is 24.4 Å². The molecule has 4 aromatic rings. The second kappa shape index (κ2) is 9.68. The summed E-state index contributed by atoms with van der Waals surface area (Å²) < 4.78 is 5.46. The van der Waals surface area contributed by atoms with E-state index in [2.05, 4.69) is 24.8 Å². The number of aromatic amines is 1. The van der Waals surface area contributed by atoms with E-state index < -0.39 is 0 Å². The molecule has 6 rings (SSSR count). The number of fused-ring (bicyclic) bond motifs is 2. The molecule has 0 spiro atoms. The van der Waals surface area contributed by atoms with Crippen LogP contribution in [0.4, 0.5) is 5.82 Å². The minimum Gasteiger partial charge on any atom is -0.494 e. The highest BCUT2D eigenvalue weighted by atomic mass is 16.5. The van der Waals surface area contributed by atoms with Gasteiger partial charge in [-0.3, -0.25) is 9.59 Å². The van der Waals surface area contributed by atoms with Crippen LogP contribution in [0.1, 0.15) is 23.3 Å². The fourth-order valence-electron chi connectivity index (χ4n) is 5.43. The molecule has 0 atom stereocenters. The first kappa shape index (κ1) is 23.2. The second-order valence-corrected chi connectivity index (χ2v) is 9.56. The zero-order valence-electron chi connectivity index (χ0n) is 20.8. The lowest BCUT2D eigenvalue weighted by Crippen LogP contribution is -2.53. The standard InChI is InChI=1S/C27H29N7O3/c1-37-22-6-2-5-20-23(22)29-17-30-25(20)32-10-7-18(8-11-32)26(35)33-12-14-34(15-13-33)27(36)21-16-19-4-3-9-28-24(19)31-21/h2-6,9,16-18H,7-8,10-15H2,1H3,(H,28,31). The van der Waals surface area contributed by atoms with E-state index in [1.54, 1.807) is 19.6 Å². The van der Waals surface area contributed by atoms with E-state index in [-0.39, 0.29) is 17.7 Å². The Labute approximate surface area is 214 Å². The van der Waals surface area contributed by atoms with E-state index in [1.165, 1.54) is 0 Å². The van der Waals surface area contributed by atoms with E-state index in [0.717, 1.165) is 53.8 Å². The molecule has 0 radical (unpaired) electrons. The molecule has 2 aliphatic heterocycles. The highest BCUT2D eigenvalue weighted by Gasteiger charge is 2.32. The van der Waals surface area contributed by atoms with Crippen LogP contribution in [0.2, 0.25) is 0 Å². The third-order valence-electron chi connectivity index (χ3n) is 7.47. The van der Waals surface area contributed by atoms with Crippen molar-refractivity contribution in [3.63, 3.8) is 0 Å². The van der Waals surface area contributed by atoms with E-state index in [1.807, 2.05) is 46.2 Å². The number of piperazine rings is 1. The fourth-order valence-corrected chi connectivity index (χ4v) is 5.43. The number of benzene rings is 1. The first-order chi connectivity index (χ1) is 18.1. The van der Waals surface area contributed by atoms with Gasteiger partial charge in [0.15, 0.2) is 0 Å². The number of hydrogen-bond acceptors (Lipinski definition) is 7. The maximum atomic E-state index is 13.3. The molecular formula is C27H29N7O3. The van der Waals surface area contributed by atoms with Gasteiger partial charge in [0.05, 0.1) is 7.11 Å². The Morgan fingerprint density at radius 3 is 2.49 bits per heavy atom. The maximum absolute atomic E-state index is 13.3. The van der Waals surface area contributed by atoms with E-state index in [9.17, 15) is 9.59 Å². The molecule has 2 aliphatic rings. The summed E-state index contributed by atoms with van der Waals surface area (Å²) in [6.07, 6.45) is 4.82. The Hall–Kier alpha value is -4.21. The Bertz CT molecular complexity index is 1420. The van der Waals surface area contributed by atoms with Gasteiger partial charge in [-0.1, -0.05) is 6.07 Å². The zero-order valence-corrected chi connectivity index (χ0v) is 20.8. The van der Waals surface area contributed by atoms with Crippen LogP contribution in [0.25, 0.3) is 21.9 Å². The third kappa shape index (κ3) is 4.32. The van der Waals surface area contributed by atoms with Crippen molar-refractivity contribution < 1.29 is 14.3 Å². The van der Waals surface area contributed by atoms with Crippen LogP contribution in [-0.2, 0) is 4.79 Å². The molecule has 10 heteroatoms. The number of piperidine rings is 1. The number of carbonyl (C=O) groups is 2. The van der Waals surface area contributed by atoms with Crippen molar-refractivity contribution in [2.24, 2.45) is 5.92 Å². The van der Waals surface area contributed by atoms with Gasteiger partial charge in [0.25, 0.3) is 5.91 Å². The summed E-state index contributed by atoms with van der Waals surface area (Å²) in [6.45, 7) is 3.68. The number of pyridine rings is 1. The van der Waals surface area contributed by atoms with Gasteiger partial charge >= 0.3 is 0 Å². The number of rotatable bonds is 4. The van der Waals surface area contributed by atoms with Crippen LogP contribution in [-0.4, -0.2) is 87.9 Å². The summed E-state index contributed by atoms with van der Waals surface area (Å²) in [5, 5.41) is 1.87. The van der Waals surface area contributed by atoms with Crippen molar-refractivity contribution in [3.8, 4) is 5.75 Å². The lowest BCUT2D eigenvalue weighted by Gasteiger charge is -2.38. The molecule has 0 bridgehead atoms. The average molecular weight is 500 g/mol. The first-order valence-corrected chi connectivity index (χ1v) is 12.7. The molecule has 37 heavy (non-hydrogen) atoms. The SMILES string of the molecule is COc1cccc2c(N3CCC(C(=O)N4CCN(C(=O)c5cc6cccnc6[nH]5)CC4)CC3)ncnc12. The Morgan fingerprint density at radius 2 is 1.73 bits per heavy atom. The lowest BCUT2D eigenvalue weighted by atomic mass is 9.94. The minimum atomic E-state index is -0.0490. The van der Waals surface area contributed by atoms with E-state index >= 15 is 0 Å². The van der Waals surface area contributed by atoms with E-state index in [0.29, 0.717) is 37.5 Å². The van der Waals surface area contributed by atoms with Gasteiger partial charge in [-0.2, -0.15) is 0 Å². The maximum Gasteiger partial charge on any atom is 0.270 e. The number of carbonyl (C=O) groups excluding carboxylic acids is 2. The molecule has 3 aromatic heterocycles. The Kier molecular flexibility index (Phi) is 6.07. The molecular weight excluding hydrogens is 470 g/mol. The van der Waals surface area contributed by atoms with Gasteiger partial charge in [0.2, 0.25) is 5.91 Å². The average Bonchev–Trinajstić information content (AvgIpc) is 3.40. The highest BCUT2D eigenvalue weighted by molar-refractivity contribution is 5.97. The monoisotopic (exact) mass is 499 g/mol. The summed E-state index contributed by atoms with van der Waals surface area (Å²) in [5.41, 5.74) is 2.04. The number of hydrogen-bond donors (Lipinski definition) is 1. The topological polar surface area (TPSA) is 108 Å². The first-order valence-electron chi connectivity index (χ1n) is 12.7. The summed E-state index contributed by atoms with van der Waals surface area (Å²) in [6, 6.07) is 11.5. The van der Waals surface area contributed by atoms with Crippen LogP contribution in [0.3, 0.4) is 0 Å². The number of nitrogens with zero attached hydrogens (tertiary/aromatic N) is 6. The molecule has 10 nitrogen and oxygen atoms in total. The van der Waals surface area contributed by atoms with Crippen molar-refractivity contribution in [3.05, 3.63) is 54.6 Å². The van der Waals surface area contributed by atoms with Gasteiger partial charge in [0, 0.05) is 62.2 Å². The number of amides is 2. The number of anilines is 1. The van der Waals surface area contributed by atoms with Crippen LogP contribution >= 0.6 is 0 Å². The third-order valence-corrected chi connectivity index (χ3v) is 7.47. The largest absolute Gasteiger partial charge is 0.494 e. The van der Waals surface area contributed by atoms with E-state index in [4.69, 9.17) is 4.74 Å². The van der Waals surface area contributed by atoms with Crippen LogP contribution in [0.5, 0.6) is 5.75 Å². The van der Waals surface area contributed by atoms with Crippen molar-refractivity contribution in [1.82, 2.24) is 29.7 Å². The van der Waals surface area contributed by atoms with Crippen LogP contribution < -0.4 is 9.64 Å². The number of ether oxygens (including phenoxy) is 1. The number of aromatic nitrogens is 4. The Morgan fingerprint density at radius 1 is 0.946 bits per heavy atom.